The predicted octanol–water partition coefficient (Wildman–Crippen LogP) is 6.43. The van der Waals surface area contributed by atoms with E-state index in [4.69, 9.17) is 0 Å². The Labute approximate surface area is 147 Å². The molecule has 0 aromatic heterocycles. The van der Waals surface area contributed by atoms with Crippen molar-refractivity contribution in [3.63, 3.8) is 0 Å². The summed E-state index contributed by atoms with van der Waals surface area (Å²) in [6.45, 7) is 0. The quantitative estimate of drug-likeness (QED) is 0.405. The molecule has 0 amide bonds. The summed E-state index contributed by atoms with van der Waals surface area (Å²) in [7, 11) is 0. The molecule has 0 N–H and O–H groups in total. The molecule has 0 heterocycles. The average Bonchev–Trinajstić information content (AvgIpc) is 2.66. The van der Waals surface area contributed by atoms with Crippen LogP contribution in [0, 0.1) is 5.82 Å². The molecule has 0 spiro atoms. The lowest BCUT2D eigenvalue weighted by Gasteiger charge is -2.06. The molecule has 0 saturated carbocycles. The van der Waals surface area contributed by atoms with Gasteiger partial charge in [0.1, 0.15) is 5.82 Å². The zero-order valence-electron chi connectivity index (χ0n) is 14.0. The summed E-state index contributed by atoms with van der Waals surface area (Å²) < 4.78 is 13.4. The van der Waals surface area contributed by atoms with E-state index in [1.165, 1.54) is 28.0 Å². The van der Waals surface area contributed by atoms with Crippen LogP contribution in [0.3, 0.4) is 0 Å². The first-order valence-corrected chi connectivity index (χ1v) is 8.60. The predicted molar refractivity (Wildman–Crippen MR) is 103 cm³/mol. The number of halogens is 1. The second-order valence-electron chi connectivity index (χ2n) is 6.39. The van der Waals surface area contributed by atoms with Crippen molar-refractivity contribution < 1.29 is 4.39 Å². The molecule has 25 heavy (non-hydrogen) atoms. The molecule has 0 radical (unpaired) electrons. The van der Waals surface area contributed by atoms with E-state index in [2.05, 4.69) is 66.7 Å². The van der Waals surface area contributed by atoms with Gasteiger partial charge >= 0.3 is 0 Å². The van der Waals surface area contributed by atoms with Gasteiger partial charge in [-0.05, 0) is 58.0 Å². The van der Waals surface area contributed by atoms with Crippen molar-refractivity contribution in [1.29, 1.82) is 0 Å². The van der Waals surface area contributed by atoms with Crippen LogP contribution in [0.5, 0.6) is 0 Å². The zero-order chi connectivity index (χ0) is 17.1. The van der Waals surface area contributed by atoms with Gasteiger partial charge in [0.05, 0.1) is 0 Å². The maximum absolute atomic E-state index is 13.4. The maximum atomic E-state index is 13.4. The van der Waals surface area contributed by atoms with Crippen LogP contribution in [0.15, 0.2) is 91.0 Å². The fourth-order valence-corrected chi connectivity index (χ4v) is 3.21. The molecule has 0 bridgehead atoms. The van der Waals surface area contributed by atoms with Crippen molar-refractivity contribution in [3.8, 4) is 11.1 Å². The minimum Gasteiger partial charge on any atom is -0.207 e. The minimum atomic E-state index is -0.196. The highest BCUT2D eigenvalue weighted by Gasteiger charge is 2.01. The second-order valence-corrected chi connectivity index (χ2v) is 6.39. The molecule has 0 atom stereocenters. The standard InChI is InChI=1S/C24H19F/c25-24-7-3-6-23(17-24)21-13-10-18(11-14-21)8-9-19-12-15-20-4-1-2-5-22(20)16-19/h1-7,10-17H,8-9H2. The Morgan fingerprint density at radius 3 is 2.04 bits per heavy atom. The minimum absolute atomic E-state index is 0.196. The van der Waals surface area contributed by atoms with Crippen molar-refractivity contribution in [3.05, 3.63) is 108 Å². The Bertz CT molecular complexity index is 1000. The van der Waals surface area contributed by atoms with E-state index in [1.54, 1.807) is 12.1 Å². The van der Waals surface area contributed by atoms with Crippen molar-refractivity contribution in [2.75, 3.05) is 0 Å². The Balaban J connectivity index is 1.47. The molecular weight excluding hydrogens is 307 g/mol. The van der Waals surface area contributed by atoms with E-state index in [-0.39, 0.29) is 5.82 Å². The first kappa shape index (κ1) is 15.6. The van der Waals surface area contributed by atoms with Crippen molar-refractivity contribution in [2.24, 2.45) is 0 Å². The first-order chi connectivity index (χ1) is 12.3. The Kier molecular flexibility index (Phi) is 4.30. The third kappa shape index (κ3) is 3.61. The highest BCUT2D eigenvalue weighted by Crippen LogP contribution is 2.22. The van der Waals surface area contributed by atoms with E-state index in [1.807, 2.05) is 6.07 Å². The van der Waals surface area contributed by atoms with Gasteiger partial charge in [-0.25, -0.2) is 4.39 Å². The molecule has 122 valence electrons. The van der Waals surface area contributed by atoms with E-state index < -0.39 is 0 Å². The van der Waals surface area contributed by atoms with Gasteiger partial charge in [0.2, 0.25) is 0 Å². The lowest BCUT2D eigenvalue weighted by molar-refractivity contribution is 0.628. The summed E-state index contributed by atoms with van der Waals surface area (Å²) in [5, 5.41) is 2.58. The van der Waals surface area contributed by atoms with E-state index >= 15 is 0 Å². The average molecular weight is 326 g/mol. The first-order valence-electron chi connectivity index (χ1n) is 8.60. The van der Waals surface area contributed by atoms with Crippen LogP contribution in [-0.4, -0.2) is 0 Å². The highest BCUT2D eigenvalue weighted by atomic mass is 19.1. The highest BCUT2D eigenvalue weighted by molar-refractivity contribution is 5.83. The van der Waals surface area contributed by atoms with Crippen molar-refractivity contribution in [2.45, 2.75) is 12.8 Å². The topological polar surface area (TPSA) is 0 Å². The molecule has 0 aliphatic rings. The van der Waals surface area contributed by atoms with Crippen molar-refractivity contribution in [1.82, 2.24) is 0 Å². The van der Waals surface area contributed by atoms with Crippen LogP contribution >= 0.6 is 0 Å². The summed E-state index contributed by atoms with van der Waals surface area (Å²) in [4.78, 5) is 0. The van der Waals surface area contributed by atoms with Crippen LogP contribution in [-0.2, 0) is 12.8 Å². The Morgan fingerprint density at radius 1 is 0.520 bits per heavy atom. The molecule has 0 fully saturated rings. The summed E-state index contributed by atoms with van der Waals surface area (Å²) in [5.74, 6) is -0.196. The summed E-state index contributed by atoms with van der Waals surface area (Å²) >= 11 is 0. The summed E-state index contributed by atoms with van der Waals surface area (Å²) in [6.07, 6.45) is 2.02. The van der Waals surface area contributed by atoms with Crippen LogP contribution in [0.25, 0.3) is 21.9 Å². The Hall–Kier alpha value is -2.93. The molecular formula is C24H19F. The van der Waals surface area contributed by atoms with Crippen LogP contribution in [0.4, 0.5) is 4.39 Å². The van der Waals surface area contributed by atoms with Gasteiger partial charge in [-0.3, -0.25) is 0 Å². The van der Waals surface area contributed by atoms with E-state index in [0.717, 1.165) is 24.0 Å². The van der Waals surface area contributed by atoms with Crippen LogP contribution in [0.2, 0.25) is 0 Å². The number of benzene rings is 4. The second kappa shape index (κ2) is 6.90. The molecule has 4 aromatic rings. The molecule has 4 aromatic carbocycles. The van der Waals surface area contributed by atoms with Gasteiger partial charge < -0.3 is 0 Å². The Morgan fingerprint density at radius 2 is 1.24 bits per heavy atom. The van der Waals surface area contributed by atoms with Crippen molar-refractivity contribution >= 4 is 10.8 Å². The lowest BCUT2D eigenvalue weighted by Crippen LogP contribution is -1.91. The fraction of sp³-hybridized carbons (Fsp3) is 0.0833. The number of hydrogen-bond acceptors (Lipinski definition) is 0. The van der Waals surface area contributed by atoms with Gasteiger partial charge in [-0.2, -0.15) is 0 Å². The SMILES string of the molecule is Fc1cccc(-c2ccc(CCc3ccc4ccccc4c3)cc2)c1. The summed E-state index contributed by atoms with van der Waals surface area (Å²) in [5.41, 5.74) is 4.62. The third-order valence-electron chi connectivity index (χ3n) is 4.63. The molecule has 1 heteroatoms. The van der Waals surface area contributed by atoms with Gasteiger partial charge in [0.15, 0.2) is 0 Å². The van der Waals surface area contributed by atoms with Crippen LogP contribution in [0.1, 0.15) is 11.1 Å². The molecule has 0 nitrogen and oxygen atoms in total. The van der Waals surface area contributed by atoms with Gasteiger partial charge in [-0.15, -0.1) is 0 Å². The molecule has 0 saturated heterocycles. The smallest absolute Gasteiger partial charge is 0.123 e. The number of fused-ring (bicyclic) bond motifs is 1. The molecule has 0 aliphatic heterocycles. The summed E-state index contributed by atoms with van der Waals surface area (Å²) in [6, 6.07) is 30.3. The maximum Gasteiger partial charge on any atom is 0.123 e. The molecule has 4 rings (SSSR count). The van der Waals surface area contributed by atoms with Gasteiger partial charge in [0, 0.05) is 0 Å². The van der Waals surface area contributed by atoms with E-state index in [0.29, 0.717) is 0 Å². The monoisotopic (exact) mass is 326 g/mol. The normalized spacial score (nSPS) is 10.9. The number of rotatable bonds is 4. The number of hydrogen-bond donors (Lipinski definition) is 0. The van der Waals surface area contributed by atoms with Gasteiger partial charge in [-0.1, -0.05) is 78.9 Å². The van der Waals surface area contributed by atoms with E-state index in [9.17, 15) is 4.39 Å². The zero-order valence-corrected chi connectivity index (χ0v) is 14.0. The largest absolute Gasteiger partial charge is 0.207 e. The fourth-order valence-electron chi connectivity index (χ4n) is 3.21. The lowest BCUT2D eigenvalue weighted by atomic mass is 9.99. The molecule has 0 aliphatic carbocycles. The van der Waals surface area contributed by atoms with Crippen LogP contribution < -0.4 is 0 Å². The third-order valence-corrected chi connectivity index (χ3v) is 4.63. The number of aryl methyl sites for hydroxylation is 2. The van der Waals surface area contributed by atoms with Gasteiger partial charge in [0.25, 0.3) is 0 Å². The molecule has 0 unspecified atom stereocenters.